The molecule has 3 rings (SSSR count). The molecule has 2 aromatic rings. The Morgan fingerprint density at radius 1 is 1.45 bits per heavy atom. The Morgan fingerprint density at radius 2 is 2.20 bits per heavy atom. The van der Waals surface area contributed by atoms with Crippen molar-refractivity contribution in [1.82, 2.24) is 14.5 Å². The molecular formula is C12H15FN4O3. The number of aliphatic hydroxyl groups excluding tert-OH is 3. The highest BCUT2D eigenvalue weighted by Crippen LogP contribution is 2.42. The van der Waals surface area contributed by atoms with Crippen LogP contribution in [0.5, 0.6) is 0 Å². The Morgan fingerprint density at radius 3 is 2.85 bits per heavy atom. The van der Waals surface area contributed by atoms with E-state index in [1.165, 1.54) is 6.33 Å². The van der Waals surface area contributed by atoms with Gasteiger partial charge in [-0.15, -0.1) is 0 Å². The molecular weight excluding hydrogens is 267 g/mol. The molecule has 0 bridgehead atoms. The molecule has 8 heteroatoms. The maximum absolute atomic E-state index is 14.3. The third kappa shape index (κ3) is 1.69. The van der Waals surface area contributed by atoms with Crippen molar-refractivity contribution in [2.75, 3.05) is 12.3 Å². The largest absolute Gasteiger partial charge is 0.393 e. The molecule has 1 saturated carbocycles. The molecule has 5 N–H and O–H groups in total. The normalized spacial score (nSPS) is 33.9. The molecule has 2 aromatic heterocycles. The lowest BCUT2D eigenvalue weighted by molar-refractivity contribution is -0.0649. The van der Waals surface area contributed by atoms with Gasteiger partial charge in [0.15, 0.2) is 5.67 Å². The average Bonchev–Trinajstić information content (AvgIpc) is 2.96. The molecule has 0 radical (unpaired) electrons. The average molecular weight is 282 g/mol. The number of fused-ring (bicyclic) bond motifs is 1. The quantitative estimate of drug-likeness (QED) is 0.583. The summed E-state index contributed by atoms with van der Waals surface area (Å²) >= 11 is 0. The highest BCUT2D eigenvalue weighted by Gasteiger charge is 2.54. The Labute approximate surface area is 113 Å². The van der Waals surface area contributed by atoms with Crippen LogP contribution in [0.15, 0.2) is 18.6 Å². The lowest BCUT2D eigenvalue weighted by atomic mass is 10.0. The standard InChI is InChI=1S/C12H15FN4O3/c13-12(4-18)3-7(8(19)9(12)20)17-2-1-6-10(14)15-5-16-11(6)17/h1-2,5,7-9,18-20H,3-4H2,(H2,14,15,16)/t7-,8+,9+,12+/m1/s1. The second-order valence-corrected chi connectivity index (χ2v) is 5.12. The van der Waals surface area contributed by atoms with E-state index in [-0.39, 0.29) is 12.2 Å². The van der Waals surface area contributed by atoms with Crippen LogP contribution < -0.4 is 5.73 Å². The van der Waals surface area contributed by atoms with E-state index in [2.05, 4.69) is 9.97 Å². The minimum absolute atomic E-state index is 0.209. The molecule has 1 fully saturated rings. The first-order valence-corrected chi connectivity index (χ1v) is 6.21. The first-order valence-electron chi connectivity index (χ1n) is 6.21. The van der Waals surface area contributed by atoms with E-state index in [1.54, 1.807) is 16.8 Å². The predicted octanol–water partition coefficient (Wildman–Crippen LogP) is -0.619. The molecule has 0 aromatic carbocycles. The lowest BCUT2D eigenvalue weighted by Crippen LogP contribution is -2.41. The van der Waals surface area contributed by atoms with Crippen molar-refractivity contribution in [2.24, 2.45) is 0 Å². The van der Waals surface area contributed by atoms with Crippen LogP contribution in [0.4, 0.5) is 10.2 Å². The van der Waals surface area contributed by atoms with Gasteiger partial charge in [0.1, 0.15) is 30.0 Å². The van der Waals surface area contributed by atoms with Crippen LogP contribution in [0.1, 0.15) is 12.5 Å². The van der Waals surface area contributed by atoms with E-state index in [0.717, 1.165) is 0 Å². The van der Waals surface area contributed by atoms with Gasteiger partial charge in [-0.25, -0.2) is 14.4 Å². The molecule has 1 aliphatic rings. The molecule has 20 heavy (non-hydrogen) atoms. The van der Waals surface area contributed by atoms with E-state index in [0.29, 0.717) is 11.0 Å². The highest BCUT2D eigenvalue weighted by atomic mass is 19.1. The zero-order chi connectivity index (χ0) is 14.5. The Kier molecular flexibility index (Phi) is 2.89. The smallest absolute Gasteiger partial charge is 0.164 e. The van der Waals surface area contributed by atoms with Crippen LogP contribution in [0.25, 0.3) is 11.0 Å². The molecule has 0 amide bonds. The summed E-state index contributed by atoms with van der Waals surface area (Å²) in [7, 11) is 0. The summed E-state index contributed by atoms with van der Waals surface area (Å²) in [5.74, 6) is 0.287. The summed E-state index contributed by atoms with van der Waals surface area (Å²) in [5, 5.41) is 29.5. The maximum atomic E-state index is 14.3. The fraction of sp³-hybridized carbons (Fsp3) is 0.500. The molecule has 1 aliphatic carbocycles. The second kappa shape index (κ2) is 4.37. The summed E-state index contributed by atoms with van der Waals surface area (Å²) in [6, 6.07) is 0.940. The van der Waals surface area contributed by atoms with Gasteiger partial charge in [0, 0.05) is 12.6 Å². The minimum Gasteiger partial charge on any atom is -0.393 e. The number of anilines is 1. The number of halogens is 1. The zero-order valence-electron chi connectivity index (χ0n) is 10.5. The molecule has 0 unspecified atom stereocenters. The minimum atomic E-state index is -2.22. The fourth-order valence-electron chi connectivity index (χ4n) is 2.78. The summed E-state index contributed by atoms with van der Waals surface area (Å²) < 4.78 is 15.8. The number of nitrogens with zero attached hydrogens (tertiary/aromatic N) is 3. The number of hydrogen-bond donors (Lipinski definition) is 4. The Hall–Kier alpha value is -1.77. The van der Waals surface area contributed by atoms with Gasteiger partial charge in [-0.1, -0.05) is 0 Å². The monoisotopic (exact) mass is 282 g/mol. The summed E-state index contributed by atoms with van der Waals surface area (Å²) in [6.45, 7) is -0.849. The van der Waals surface area contributed by atoms with Gasteiger partial charge in [0.2, 0.25) is 0 Å². The van der Waals surface area contributed by atoms with Crippen LogP contribution in [-0.4, -0.2) is 54.3 Å². The predicted molar refractivity (Wildman–Crippen MR) is 68.5 cm³/mol. The van der Waals surface area contributed by atoms with Crippen molar-refractivity contribution in [3.8, 4) is 0 Å². The van der Waals surface area contributed by atoms with E-state index in [4.69, 9.17) is 10.8 Å². The van der Waals surface area contributed by atoms with E-state index in [9.17, 15) is 14.6 Å². The van der Waals surface area contributed by atoms with Crippen LogP contribution in [-0.2, 0) is 0 Å². The maximum Gasteiger partial charge on any atom is 0.164 e. The number of aliphatic hydroxyl groups is 3. The summed E-state index contributed by atoms with van der Waals surface area (Å²) in [4.78, 5) is 7.93. The Bertz CT molecular complexity index is 649. The number of rotatable bonds is 2. The SMILES string of the molecule is Nc1ncnc2c1ccn2[C@@H]1C[C@](F)(CO)[C@@H](O)[C@H]1O. The van der Waals surface area contributed by atoms with Crippen molar-refractivity contribution >= 4 is 16.9 Å². The van der Waals surface area contributed by atoms with Gasteiger partial charge in [-0.3, -0.25) is 0 Å². The number of alkyl halides is 1. The summed E-state index contributed by atoms with van der Waals surface area (Å²) in [5.41, 5.74) is 3.95. The molecule has 108 valence electrons. The number of nitrogens with two attached hydrogens (primary N) is 1. The molecule has 0 spiro atoms. The van der Waals surface area contributed by atoms with Gasteiger partial charge in [-0.05, 0) is 6.07 Å². The van der Waals surface area contributed by atoms with Crippen LogP contribution in [0, 0.1) is 0 Å². The van der Waals surface area contributed by atoms with E-state index >= 15 is 0 Å². The number of aromatic nitrogens is 3. The van der Waals surface area contributed by atoms with Gasteiger partial charge in [0.25, 0.3) is 0 Å². The van der Waals surface area contributed by atoms with Crippen molar-refractivity contribution in [3.63, 3.8) is 0 Å². The molecule has 4 atom stereocenters. The molecule has 0 saturated heterocycles. The molecule has 7 nitrogen and oxygen atoms in total. The van der Waals surface area contributed by atoms with Crippen LogP contribution in [0.2, 0.25) is 0 Å². The van der Waals surface area contributed by atoms with Gasteiger partial charge in [-0.2, -0.15) is 0 Å². The second-order valence-electron chi connectivity index (χ2n) is 5.12. The van der Waals surface area contributed by atoms with E-state index in [1.807, 2.05) is 0 Å². The summed E-state index contributed by atoms with van der Waals surface area (Å²) in [6.07, 6.45) is -0.298. The third-order valence-corrected chi connectivity index (χ3v) is 3.96. The van der Waals surface area contributed by atoms with Gasteiger partial charge in [0.05, 0.1) is 18.0 Å². The topological polar surface area (TPSA) is 117 Å². The first-order chi connectivity index (χ1) is 9.48. The Balaban J connectivity index is 2.06. The van der Waals surface area contributed by atoms with Crippen molar-refractivity contribution in [1.29, 1.82) is 0 Å². The van der Waals surface area contributed by atoms with Crippen molar-refractivity contribution in [3.05, 3.63) is 18.6 Å². The van der Waals surface area contributed by atoms with Crippen LogP contribution in [0.3, 0.4) is 0 Å². The number of hydrogen-bond acceptors (Lipinski definition) is 6. The van der Waals surface area contributed by atoms with Crippen LogP contribution >= 0.6 is 0 Å². The third-order valence-electron chi connectivity index (χ3n) is 3.96. The van der Waals surface area contributed by atoms with Gasteiger partial charge >= 0.3 is 0 Å². The highest BCUT2D eigenvalue weighted by molar-refractivity contribution is 5.86. The molecule has 2 heterocycles. The first kappa shape index (κ1) is 13.2. The van der Waals surface area contributed by atoms with Gasteiger partial charge < -0.3 is 25.6 Å². The number of nitrogen functional groups attached to an aromatic ring is 1. The van der Waals surface area contributed by atoms with Crippen molar-refractivity contribution in [2.45, 2.75) is 30.3 Å². The fourth-order valence-corrected chi connectivity index (χ4v) is 2.78. The van der Waals surface area contributed by atoms with Crippen molar-refractivity contribution < 1.29 is 19.7 Å². The molecule has 0 aliphatic heterocycles. The van der Waals surface area contributed by atoms with E-state index < -0.39 is 30.5 Å². The lowest BCUT2D eigenvalue weighted by Gasteiger charge is -2.20. The zero-order valence-corrected chi connectivity index (χ0v) is 10.5.